The van der Waals surface area contributed by atoms with Crippen molar-refractivity contribution in [2.45, 2.75) is 26.1 Å². The van der Waals surface area contributed by atoms with Gasteiger partial charge in [-0.3, -0.25) is 10.1 Å². The number of thiazole rings is 1. The smallest absolute Gasteiger partial charge is 0.387 e. The summed E-state index contributed by atoms with van der Waals surface area (Å²) in [5, 5.41) is 3.34. The Bertz CT molecular complexity index is 1060. The summed E-state index contributed by atoms with van der Waals surface area (Å²) < 4.78 is 34.4. The quantitative estimate of drug-likeness (QED) is 0.585. The van der Waals surface area contributed by atoms with E-state index in [4.69, 9.17) is 4.74 Å². The Labute approximate surface area is 182 Å². The lowest BCUT2D eigenvalue weighted by Gasteiger charge is -2.22. The van der Waals surface area contributed by atoms with Crippen LogP contribution in [0.25, 0.3) is 0 Å². The number of amides is 1. The van der Waals surface area contributed by atoms with E-state index in [0.717, 1.165) is 31.7 Å². The highest BCUT2D eigenvalue weighted by Gasteiger charge is 2.24. The van der Waals surface area contributed by atoms with Crippen LogP contribution in [-0.2, 0) is 19.5 Å². The molecule has 0 aliphatic carbocycles. The average Bonchev–Trinajstić information content (AvgIpc) is 3.15. The molecule has 2 heterocycles. The lowest BCUT2D eigenvalue weighted by Crippen LogP contribution is -3.10. The topological polar surface area (TPSA) is 64.9 Å². The molecule has 0 radical (unpaired) electrons. The molecule has 0 bridgehead atoms. The number of carbonyl (C=O) groups is 1. The number of alkyl halides is 2. The Morgan fingerprint density at radius 3 is 2.77 bits per heavy atom. The Kier molecular flexibility index (Phi) is 6.43. The summed E-state index contributed by atoms with van der Waals surface area (Å²) >= 11 is 1.48. The summed E-state index contributed by atoms with van der Waals surface area (Å²) in [6.45, 7) is -0.168. The van der Waals surface area contributed by atoms with Crippen molar-refractivity contribution in [1.29, 1.82) is 0 Å². The van der Waals surface area contributed by atoms with Crippen molar-refractivity contribution in [3.05, 3.63) is 70.2 Å². The van der Waals surface area contributed by atoms with E-state index in [1.54, 1.807) is 0 Å². The normalized spacial score (nSPS) is 15.4. The van der Waals surface area contributed by atoms with Gasteiger partial charge in [0.25, 0.3) is 5.91 Å². The molecule has 1 amide bonds. The lowest BCUT2D eigenvalue weighted by molar-refractivity contribution is -0.929. The van der Waals surface area contributed by atoms with Crippen molar-refractivity contribution >= 4 is 22.4 Å². The fraction of sp³-hybridized carbons (Fsp3) is 0.273. The summed E-state index contributed by atoms with van der Waals surface area (Å²) in [5.74, 6) is -0.451. The number of quaternary nitrogens is 1. The number of hydrogen-bond acceptors (Lipinski definition) is 5. The molecule has 4 rings (SSSR count). The first-order valence-electron chi connectivity index (χ1n) is 9.82. The fourth-order valence-corrected chi connectivity index (χ4v) is 4.66. The molecule has 31 heavy (non-hydrogen) atoms. The zero-order valence-electron chi connectivity index (χ0n) is 16.9. The van der Waals surface area contributed by atoms with E-state index in [1.165, 1.54) is 52.0 Å². The maximum atomic E-state index is 12.6. The molecule has 2 aromatic carbocycles. The van der Waals surface area contributed by atoms with Gasteiger partial charge in [-0.15, -0.1) is 0 Å². The first-order chi connectivity index (χ1) is 15.0. The van der Waals surface area contributed by atoms with Gasteiger partial charge in [-0.25, -0.2) is 4.98 Å². The number of halogens is 2. The minimum Gasteiger partial charge on any atom is -0.493 e. The number of carbonyl (C=O) groups excluding carboxylic acids is 1. The predicted molar refractivity (Wildman–Crippen MR) is 113 cm³/mol. The van der Waals surface area contributed by atoms with Crippen LogP contribution in [0.15, 0.2) is 48.5 Å². The molecule has 1 aliphatic heterocycles. The van der Waals surface area contributed by atoms with Gasteiger partial charge in [0.2, 0.25) is 0 Å². The number of aromatic nitrogens is 1. The molecule has 162 valence electrons. The van der Waals surface area contributed by atoms with Crippen molar-refractivity contribution in [3.63, 3.8) is 0 Å². The highest BCUT2D eigenvalue weighted by atomic mass is 32.1. The van der Waals surface area contributed by atoms with Crippen molar-refractivity contribution in [2.24, 2.45) is 0 Å². The molecule has 1 atom stereocenters. The van der Waals surface area contributed by atoms with Crippen LogP contribution in [0, 0.1) is 0 Å². The number of anilines is 1. The van der Waals surface area contributed by atoms with E-state index < -0.39 is 6.61 Å². The Morgan fingerprint density at radius 1 is 1.23 bits per heavy atom. The predicted octanol–water partition coefficient (Wildman–Crippen LogP) is 3.15. The average molecular weight is 446 g/mol. The van der Waals surface area contributed by atoms with Gasteiger partial charge in [0.05, 0.1) is 24.2 Å². The summed E-state index contributed by atoms with van der Waals surface area (Å²) in [4.78, 5) is 19.8. The number of hydrogen-bond donors (Lipinski definition) is 2. The zero-order valence-corrected chi connectivity index (χ0v) is 17.7. The molecular weight excluding hydrogens is 424 g/mol. The molecule has 6 nitrogen and oxygen atoms in total. The SMILES string of the molecule is COc1cc(C(=O)Nc2nc3c(s2)C[NH+](Cc2ccccc2)CC3)ccc1OC(F)F. The summed E-state index contributed by atoms with van der Waals surface area (Å²) in [6, 6.07) is 14.4. The second-order valence-corrected chi connectivity index (χ2v) is 8.26. The van der Waals surface area contributed by atoms with E-state index in [2.05, 4.69) is 27.2 Å². The molecule has 1 aromatic heterocycles. The molecule has 2 N–H and O–H groups in total. The van der Waals surface area contributed by atoms with Gasteiger partial charge in [-0.1, -0.05) is 41.7 Å². The number of rotatable bonds is 7. The zero-order chi connectivity index (χ0) is 21.8. The molecule has 9 heteroatoms. The van der Waals surface area contributed by atoms with Gasteiger partial charge in [0.1, 0.15) is 13.1 Å². The van der Waals surface area contributed by atoms with Gasteiger partial charge in [0.15, 0.2) is 16.6 Å². The Morgan fingerprint density at radius 2 is 2.03 bits per heavy atom. The van der Waals surface area contributed by atoms with Crippen LogP contribution in [0.2, 0.25) is 0 Å². The highest BCUT2D eigenvalue weighted by Crippen LogP contribution is 2.30. The highest BCUT2D eigenvalue weighted by molar-refractivity contribution is 7.15. The monoisotopic (exact) mass is 446 g/mol. The van der Waals surface area contributed by atoms with Gasteiger partial charge < -0.3 is 14.4 Å². The van der Waals surface area contributed by atoms with Crippen LogP contribution >= 0.6 is 11.3 Å². The second-order valence-electron chi connectivity index (χ2n) is 7.18. The molecule has 0 saturated carbocycles. The number of benzene rings is 2. The minimum atomic E-state index is -2.97. The number of methoxy groups -OCH3 is 1. The molecule has 0 spiro atoms. The molecular formula is C22H22F2N3O3S+. The Hall–Kier alpha value is -3.04. The first kappa shape index (κ1) is 21.2. The van der Waals surface area contributed by atoms with Crippen molar-refractivity contribution in [3.8, 4) is 11.5 Å². The van der Waals surface area contributed by atoms with Crippen LogP contribution in [0.3, 0.4) is 0 Å². The lowest BCUT2D eigenvalue weighted by atomic mass is 10.1. The van der Waals surface area contributed by atoms with Gasteiger partial charge >= 0.3 is 6.61 Å². The molecule has 1 unspecified atom stereocenters. The van der Waals surface area contributed by atoms with Gasteiger partial charge in [-0.05, 0) is 18.2 Å². The third-order valence-corrected chi connectivity index (χ3v) is 6.08. The van der Waals surface area contributed by atoms with Crippen molar-refractivity contribution in [2.75, 3.05) is 19.0 Å². The van der Waals surface area contributed by atoms with E-state index in [1.807, 2.05) is 18.2 Å². The van der Waals surface area contributed by atoms with E-state index in [0.29, 0.717) is 5.13 Å². The number of nitrogens with one attached hydrogen (secondary N) is 2. The fourth-order valence-electron chi connectivity index (χ4n) is 3.59. The molecule has 0 saturated heterocycles. The standard InChI is InChI=1S/C22H21F2N3O3S/c1-29-18-11-15(7-8-17(18)30-21(23)24)20(28)26-22-25-16-9-10-27(13-19(16)31-22)12-14-5-3-2-4-6-14/h2-8,11,21H,9-10,12-13H2,1H3,(H,25,26,28)/p+1. The maximum absolute atomic E-state index is 12.6. The second kappa shape index (κ2) is 9.40. The summed E-state index contributed by atoms with van der Waals surface area (Å²) in [7, 11) is 1.33. The molecule has 0 fully saturated rings. The van der Waals surface area contributed by atoms with Crippen LogP contribution in [0.5, 0.6) is 11.5 Å². The van der Waals surface area contributed by atoms with E-state index in [-0.39, 0.29) is 23.0 Å². The maximum Gasteiger partial charge on any atom is 0.387 e. The first-order valence-corrected chi connectivity index (χ1v) is 10.6. The number of fused-ring (bicyclic) bond motifs is 1. The third kappa shape index (κ3) is 5.18. The van der Waals surface area contributed by atoms with Crippen LogP contribution in [0.1, 0.15) is 26.5 Å². The van der Waals surface area contributed by atoms with Crippen molar-refractivity contribution < 1.29 is 27.9 Å². The number of nitrogens with zero attached hydrogens (tertiary/aromatic N) is 1. The van der Waals surface area contributed by atoms with Crippen molar-refractivity contribution in [1.82, 2.24) is 4.98 Å². The van der Waals surface area contributed by atoms with Crippen LogP contribution in [-0.4, -0.2) is 31.2 Å². The molecule has 1 aliphatic rings. The van der Waals surface area contributed by atoms with Gasteiger partial charge in [0, 0.05) is 17.5 Å². The Balaban J connectivity index is 1.42. The minimum absolute atomic E-state index is 0.0616. The summed E-state index contributed by atoms with van der Waals surface area (Å²) in [6.07, 6.45) is 0.858. The number of ether oxygens (including phenoxy) is 2. The van der Waals surface area contributed by atoms with E-state index in [9.17, 15) is 13.6 Å². The van der Waals surface area contributed by atoms with Crippen LogP contribution in [0.4, 0.5) is 13.9 Å². The largest absolute Gasteiger partial charge is 0.493 e. The van der Waals surface area contributed by atoms with Crippen LogP contribution < -0.4 is 19.7 Å². The van der Waals surface area contributed by atoms with Gasteiger partial charge in [-0.2, -0.15) is 8.78 Å². The summed E-state index contributed by atoms with van der Waals surface area (Å²) in [5.41, 5.74) is 2.59. The molecule has 3 aromatic rings. The third-order valence-electron chi connectivity index (χ3n) is 5.06. The van der Waals surface area contributed by atoms with E-state index >= 15 is 0 Å².